The van der Waals surface area contributed by atoms with Gasteiger partial charge in [0.2, 0.25) is 0 Å². The van der Waals surface area contributed by atoms with Gasteiger partial charge in [0.25, 0.3) is 0 Å². The summed E-state index contributed by atoms with van der Waals surface area (Å²) >= 11 is 0. The molecule has 2 rings (SSSR count). The summed E-state index contributed by atoms with van der Waals surface area (Å²) in [6, 6.07) is 16.4. The maximum Gasteiger partial charge on any atom is 0.0991 e. The fourth-order valence-electron chi connectivity index (χ4n) is 3.08. The second-order valence-corrected chi connectivity index (χ2v) is 8.06. The summed E-state index contributed by atoms with van der Waals surface area (Å²) in [7, 11) is 4.09. The summed E-state index contributed by atoms with van der Waals surface area (Å²) in [5.74, 6) is 0. The number of rotatable bonds is 6. The van der Waals surface area contributed by atoms with E-state index in [1.54, 1.807) is 0 Å². The van der Waals surface area contributed by atoms with Crippen molar-refractivity contribution in [3.05, 3.63) is 77.0 Å². The van der Waals surface area contributed by atoms with E-state index in [1.165, 1.54) is 22.3 Å². The van der Waals surface area contributed by atoms with Crippen molar-refractivity contribution in [3.63, 3.8) is 0 Å². The van der Waals surface area contributed by atoms with Crippen LogP contribution in [0.1, 0.15) is 43.9 Å². The van der Waals surface area contributed by atoms with Gasteiger partial charge < -0.3 is 4.90 Å². The van der Waals surface area contributed by atoms with E-state index in [1.807, 2.05) is 38.4 Å². The van der Waals surface area contributed by atoms with Crippen molar-refractivity contribution < 1.29 is 0 Å². The lowest BCUT2D eigenvalue weighted by molar-refractivity contribution is 0.379. The van der Waals surface area contributed by atoms with E-state index in [-0.39, 0.29) is 5.41 Å². The molecule has 2 aromatic rings. The van der Waals surface area contributed by atoms with Crippen LogP contribution in [0.5, 0.6) is 0 Å². The largest absolute Gasteiger partial charge is 0.381 e. The molecule has 2 nitrogen and oxygen atoms in total. The van der Waals surface area contributed by atoms with Crippen molar-refractivity contribution in [1.29, 1.82) is 5.26 Å². The van der Waals surface area contributed by atoms with E-state index in [0.29, 0.717) is 5.56 Å². The predicted molar refractivity (Wildman–Crippen MR) is 116 cm³/mol. The maximum absolute atomic E-state index is 9.00. The summed E-state index contributed by atoms with van der Waals surface area (Å²) < 4.78 is 0. The van der Waals surface area contributed by atoms with Crippen LogP contribution in [0.15, 0.2) is 60.3 Å². The lowest BCUT2D eigenvalue weighted by atomic mass is 9.79. The zero-order valence-electron chi connectivity index (χ0n) is 17.4. The van der Waals surface area contributed by atoms with Crippen LogP contribution < -0.4 is 0 Å². The first-order chi connectivity index (χ1) is 12.7. The lowest BCUT2D eigenvalue weighted by Gasteiger charge is -2.30. The molecular weight excluding hydrogens is 328 g/mol. The van der Waals surface area contributed by atoms with Crippen LogP contribution in [0.4, 0.5) is 0 Å². The third kappa shape index (κ3) is 4.89. The zero-order chi connectivity index (χ0) is 20.2. The molecule has 0 amide bonds. The normalized spacial score (nSPS) is 11.8. The molecule has 0 N–H and O–H groups in total. The molecule has 0 saturated carbocycles. The van der Waals surface area contributed by atoms with E-state index in [4.69, 9.17) is 5.26 Å². The Bertz CT molecular complexity index is 891. The molecule has 0 aliphatic carbocycles. The summed E-state index contributed by atoms with van der Waals surface area (Å²) in [5.41, 5.74) is 8.03. The minimum atomic E-state index is 0.0399. The number of nitrogens with zero attached hydrogens (tertiary/aromatic N) is 2. The van der Waals surface area contributed by atoms with Crippen molar-refractivity contribution >= 4 is 6.08 Å². The predicted octanol–water partition coefficient (Wildman–Crippen LogP) is 6.43. The van der Waals surface area contributed by atoms with Gasteiger partial charge in [-0.3, -0.25) is 0 Å². The van der Waals surface area contributed by atoms with Gasteiger partial charge in [0.15, 0.2) is 0 Å². The lowest BCUT2D eigenvalue weighted by Crippen LogP contribution is -2.20. The Kier molecular flexibility index (Phi) is 6.28. The number of hydrogen-bond donors (Lipinski definition) is 0. The quantitative estimate of drug-likeness (QED) is 0.595. The molecule has 0 aliphatic rings. The van der Waals surface area contributed by atoms with Gasteiger partial charge in [-0.25, -0.2) is 0 Å². The SMILES string of the molecule is C=C(CC(C)(C)/C(C)=C/c1cccc(-c2ccc(C#N)cc2)c1C)N(C)C. The molecule has 0 heterocycles. The van der Waals surface area contributed by atoms with Gasteiger partial charge in [-0.05, 0) is 60.1 Å². The molecule has 0 unspecified atom stereocenters. The van der Waals surface area contributed by atoms with Gasteiger partial charge in [-0.15, -0.1) is 0 Å². The molecule has 0 spiro atoms. The zero-order valence-corrected chi connectivity index (χ0v) is 17.4. The Hall–Kier alpha value is -2.79. The van der Waals surface area contributed by atoms with Crippen molar-refractivity contribution in [3.8, 4) is 17.2 Å². The third-order valence-electron chi connectivity index (χ3n) is 5.42. The summed E-state index contributed by atoms with van der Waals surface area (Å²) in [5, 5.41) is 9.00. The van der Waals surface area contributed by atoms with Crippen molar-refractivity contribution in [2.45, 2.75) is 34.1 Å². The number of benzene rings is 2. The average Bonchev–Trinajstić information content (AvgIpc) is 2.63. The molecule has 2 aromatic carbocycles. The first-order valence-corrected chi connectivity index (χ1v) is 9.30. The molecule has 0 bridgehead atoms. The smallest absolute Gasteiger partial charge is 0.0991 e. The Balaban J connectivity index is 2.37. The van der Waals surface area contributed by atoms with Gasteiger partial charge >= 0.3 is 0 Å². The average molecular weight is 359 g/mol. The topological polar surface area (TPSA) is 27.0 Å². The highest BCUT2D eigenvalue weighted by Gasteiger charge is 2.22. The van der Waals surface area contributed by atoms with Crippen molar-refractivity contribution in [2.75, 3.05) is 14.1 Å². The Morgan fingerprint density at radius 2 is 1.78 bits per heavy atom. The minimum absolute atomic E-state index is 0.0399. The standard InChI is InChI=1S/C25H30N2/c1-18(25(4,5)16-19(2)27(6)7)15-23-9-8-10-24(20(23)3)22-13-11-21(17-26)12-14-22/h8-15H,2,16H2,1,3-7H3/b18-15+. The van der Waals surface area contributed by atoms with Crippen molar-refractivity contribution in [1.82, 2.24) is 4.90 Å². The van der Waals surface area contributed by atoms with Crippen LogP contribution in [-0.2, 0) is 0 Å². The van der Waals surface area contributed by atoms with Crippen LogP contribution in [0.25, 0.3) is 17.2 Å². The molecule has 0 radical (unpaired) electrons. The molecule has 140 valence electrons. The van der Waals surface area contributed by atoms with Crippen LogP contribution in [0, 0.1) is 23.7 Å². The van der Waals surface area contributed by atoms with Gasteiger partial charge in [-0.1, -0.05) is 62.4 Å². The Morgan fingerprint density at radius 1 is 1.15 bits per heavy atom. The first kappa shape index (κ1) is 20.5. The maximum atomic E-state index is 9.00. The molecule has 0 saturated heterocycles. The first-order valence-electron chi connectivity index (χ1n) is 9.30. The Morgan fingerprint density at radius 3 is 2.33 bits per heavy atom. The van der Waals surface area contributed by atoms with E-state index in [9.17, 15) is 0 Å². The second kappa shape index (κ2) is 8.27. The molecule has 0 atom stereocenters. The third-order valence-corrected chi connectivity index (χ3v) is 5.42. The molecule has 0 aromatic heterocycles. The molecule has 0 fully saturated rings. The van der Waals surface area contributed by atoms with E-state index >= 15 is 0 Å². The van der Waals surface area contributed by atoms with Crippen molar-refractivity contribution in [2.24, 2.45) is 5.41 Å². The van der Waals surface area contributed by atoms with Gasteiger partial charge in [0.1, 0.15) is 0 Å². The fraction of sp³-hybridized carbons (Fsp3) is 0.320. The Labute approximate surface area is 164 Å². The highest BCUT2D eigenvalue weighted by molar-refractivity contribution is 5.73. The van der Waals surface area contributed by atoms with Gasteiger partial charge in [-0.2, -0.15) is 5.26 Å². The van der Waals surface area contributed by atoms with Crippen LogP contribution in [-0.4, -0.2) is 19.0 Å². The highest BCUT2D eigenvalue weighted by atomic mass is 15.1. The van der Waals surface area contributed by atoms with E-state index in [0.717, 1.165) is 17.7 Å². The highest BCUT2D eigenvalue weighted by Crippen LogP contribution is 2.36. The van der Waals surface area contributed by atoms with Crippen LogP contribution >= 0.6 is 0 Å². The van der Waals surface area contributed by atoms with E-state index < -0.39 is 0 Å². The monoisotopic (exact) mass is 358 g/mol. The molecule has 27 heavy (non-hydrogen) atoms. The molecule has 2 heteroatoms. The number of allylic oxidation sites excluding steroid dienone is 2. The van der Waals surface area contributed by atoms with Gasteiger partial charge in [0.05, 0.1) is 11.6 Å². The van der Waals surface area contributed by atoms with Crippen LogP contribution in [0.2, 0.25) is 0 Å². The number of hydrogen-bond acceptors (Lipinski definition) is 2. The summed E-state index contributed by atoms with van der Waals surface area (Å²) in [6.45, 7) is 13.1. The summed E-state index contributed by atoms with van der Waals surface area (Å²) in [4.78, 5) is 2.09. The summed E-state index contributed by atoms with van der Waals surface area (Å²) in [6.07, 6.45) is 3.22. The van der Waals surface area contributed by atoms with E-state index in [2.05, 4.69) is 69.5 Å². The molecule has 0 aliphatic heterocycles. The van der Waals surface area contributed by atoms with Gasteiger partial charge in [0, 0.05) is 19.8 Å². The number of nitriles is 1. The molecular formula is C25H30N2. The fourth-order valence-corrected chi connectivity index (χ4v) is 3.08. The minimum Gasteiger partial charge on any atom is -0.381 e. The van der Waals surface area contributed by atoms with Crippen LogP contribution in [0.3, 0.4) is 0 Å². The second-order valence-electron chi connectivity index (χ2n) is 8.06.